The number of hydrogen-bond donors (Lipinski definition) is 5. The molecule has 4 rings (SSSR count). The Morgan fingerprint density at radius 3 is 2.57 bits per heavy atom. The van der Waals surface area contributed by atoms with E-state index >= 15 is 0 Å². The van der Waals surface area contributed by atoms with Crippen molar-refractivity contribution in [2.75, 3.05) is 0 Å². The van der Waals surface area contributed by atoms with Crippen LogP contribution in [0, 0.1) is 6.92 Å². The van der Waals surface area contributed by atoms with Crippen LogP contribution >= 0.6 is 0 Å². The number of aryl methyl sites for hydroxylation is 1. The van der Waals surface area contributed by atoms with Crippen LogP contribution in [-0.4, -0.2) is 31.6 Å². The molecular formula is C21H30O7. The van der Waals surface area contributed by atoms with E-state index in [4.69, 9.17) is 4.74 Å². The third-order valence-electron chi connectivity index (χ3n) is 5.11. The maximum Gasteiger partial charge on any atom is 0.220 e. The van der Waals surface area contributed by atoms with Gasteiger partial charge in [0.2, 0.25) is 5.43 Å². The molecule has 0 saturated carbocycles. The van der Waals surface area contributed by atoms with Gasteiger partial charge in [0.1, 0.15) is 23.0 Å². The Balaban J connectivity index is -0.00000160. The summed E-state index contributed by atoms with van der Waals surface area (Å²) in [6, 6.07) is 8.20. The summed E-state index contributed by atoms with van der Waals surface area (Å²) in [4.78, 5) is 12.0. The molecule has 0 saturated heterocycles. The number of benzene rings is 2. The van der Waals surface area contributed by atoms with Crippen LogP contribution in [-0.2, 0) is 6.42 Å². The Hall–Kier alpha value is -3.45. The first kappa shape index (κ1) is 17.9. The fourth-order valence-corrected chi connectivity index (χ4v) is 3.69. The standard InChI is InChI=1S/C21H18O7.6H2/c1-9-15(24)7-12(11-3-2-4-14(23)20(27)19(9)11)21-17(26)8-13-16(25)5-10(22)6-18(13)28-21;;;;;;/h2-7,17,21-22,24-26H,8H2,1H3,(H,23,27);6*1H/t17-,21-;;;;;;/m0....../s1. The van der Waals surface area contributed by atoms with Crippen LogP contribution in [0.5, 0.6) is 28.7 Å². The topological polar surface area (TPSA) is 127 Å². The molecule has 1 aliphatic heterocycles. The SMILES string of the molecule is Cc1c(O)cc([C@@H]2Oc3cc(O)cc(O)c3C[C@@H]2O)c2cccc(=O)c(O)c12.[HH].[HH].[HH].[HH].[HH].[HH]. The van der Waals surface area contributed by atoms with Crippen molar-refractivity contribution in [2.24, 2.45) is 0 Å². The summed E-state index contributed by atoms with van der Waals surface area (Å²) in [5.74, 6) is -0.846. The van der Waals surface area contributed by atoms with E-state index in [1.54, 1.807) is 13.0 Å². The highest BCUT2D eigenvalue weighted by atomic mass is 16.5. The number of ether oxygens (including phenoxy) is 1. The minimum Gasteiger partial charge on any atom is -0.508 e. The zero-order valence-electron chi connectivity index (χ0n) is 14.9. The summed E-state index contributed by atoms with van der Waals surface area (Å²) < 4.78 is 5.85. The zero-order valence-corrected chi connectivity index (χ0v) is 14.9. The lowest BCUT2D eigenvalue weighted by Gasteiger charge is -2.32. The molecule has 3 aromatic carbocycles. The Bertz CT molecular complexity index is 1190. The molecule has 0 aliphatic carbocycles. The molecule has 1 heterocycles. The van der Waals surface area contributed by atoms with E-state index in [1.807, 2.05) is 0 Å². The van der Waals surface area contributed by atoms with Crippen molar-refractivity contribution in [1.29, 1.82) is 0 Å². The molecule has 5 N–H and O–H groups in total. The van der Waals surface area contributed by atoms with Gasteiger partial charge in [-0.25, -0.2) is 0 Å². The molecule has 0 amide bonds. The van der Waals surface area contributed by atoms with E-state index in [0.29, 0.717) is 22.1 Å². The highest BCUT2D eigenvalue weighted by molar-refractivity contribution is 5.94. The van der Waals surface area contributed by atoms with Gasteiger partial charge in [-0.3, -0.25) is 4.79 Å². The maximum absolute atomic E-state index is 12.0. The monoisotopic (exact) mass is 394 g/mol. The summed E-state index contributed by atoms with van der Waals surface area (Å²) >= 11 is 0. The first-order valence-electron chi connectivity index (χ1n) is 8.66. The lowest BCUT2D eigenvalue weighted by Crippen LogP contribution is -2.30. The van der Waals surface area contributed by atoms with E-state index in [-0.39, 0.29) is 43.4 Å². The highest BCUT2D eigenvalue weighted by Crippen LogP contribution is 2.44. The predicted octanol–water partition coefficient (Wildman–Crippen LogP) is 3.84. The summed E-state index contributed by atoms with van der Waals surface area (Å²) in [7, 11) is 0. The molecule has 7 nitrogen and oxygen atoms in total. The number of aliphatic hydroxyl groups is 1. The molecule has 0 fully saturated rings. The van der Waals surface area contributed by atoms with Gasteiger partial charge >= 0.3 is 0 Å². The Morgan fingerprint density at radius 1 is 1.07 bits per heavy atom. The second-order valence-corrected chi connectivity index (χ2v) is 6.89. The molecule has 0 radical (unpaired) electrons. The summed E-state index contributed by atoms with van der Waals surface area (Å²) in [5.41, 5.74) is 0.452. The van der Waals surface area contributed by atoms with Gasteiger partial charge in [0.15, 0.2) is 11.9 Å². The first-order chi connectivity index (χ1) is 13.3. The van der Waals surface area contributed by atoms with E-state index in [9.17, 15) is 30.3 Å². The second kappa shape index (κ2) is 6.31. The molecule has 0 bridgehead atoms. The van der Waals surface area contributed by atoms with Crippen LogP contribution < -0.4 is 10.2 Å². The van der Waals surface area contributed by atoms with E-state index < -0.39 is 23.4 Å². The van der Waals surface area contributed by atoms with Crippen LogP contribution in [0.2, 0.25) is 0 Å². The van der Waals surface area contributed by atoms with Gasteiger partial charge in [0.05, 0.1) is 6.10 Å². The quantitative estimate of drug-likeness (QED) is 0.424. The highest BCUT2D eigenvalue weighted by Gasteiger charge is 2.34. The van der Waals surface area contributed by atoms with Crippen LogP contribution in [0.25, 0.3) is 10.8 Å². The number of aromatic hydroxyl groups is 4. The van der Waals surface area contributed by atoms with Crippen molar-refractivity contribution in [3.05, 3.63) is 63.3 Å². The van der Waals surface area contributed by atoms with Gasteiger partial charge in [0.25, 0.3) is 0 Å². The number of fused-ring (bicyclic) bond motifs is 2. The normalized spacial score (nSPS) is 18.5. The molecule has 1 aliphatic rings. The van der Waals surface area contributed by atoms with Crippen molar-refractivity contribution in [3.8, 4) is 28.7 Å². The Kier molecular flexibility index (Phi) is 4.05. The number of aliphatic hydroxyl groups excluding tert-OH is 1. The maximum atomic E-state index is 12.0. The van der Waals surface area contributed by atoms with E-state index in [1.165, 1.54) is 24.3 Å². The lowest BCUT2D eigenvalue weighted by molar-refractivity contribution is 0.0205. The number of hydrogen-bond acceptors (Lipinski definition) is 7. The number of phenolic OH excluding ortho intramolecular Hbond substituents is 3. The Morgan fingerprint density at radius 2 is 1.82 bits per heavy atom. The molecule has 2 atom stereocenters. The van der Waals surface area contributed by atoms with E-state index in [2.05, 4.69) is 0 Å². The van der Waals surface area contributed by atoms with Gasteiger partial charge in [-0.1, -0.05) is 12.1 Å². The lowest BCUT2D eigenvalue weighted by atomic mass is 9.90. The molecule has 0 aromatic heterocycles. The summed E-state index contributed by atoms with van der Waals surface area (Å²) in [6.45, 7) is 1.57. The smallest absolute Gasteiger partial charge is 0.220 e. The number of rotatable bonds is 1. The average molecular weight is 394 g/mol. The van der Waals surface area contributed by atoms with Crippen LogP contribution in [0.3, 0.4) is 0 Å². The molecule has 3 aromatic rings. The minimum absolute atomic E-state index is 0. The largest absolute Gasteiger partial charge is 0.508 e. The Labute approximate surface area is 168 Å². The van der Waals surface area contributed by atoms with Crippen molar-refractivity contribution in [3.63, 3.8) is 0 Å². The molecule has 28 heavy (non-hydrogen) atoms. The van der Waals surface area contributed by atoms with Crippen molar-refractivity contribution in [2.45, 2.75) is 25.6 Å². The molecule has 0 spiro atoms. The van der Waals surface area contributed by atoms with Crippen molar-refractivity contribution < 1.29 is 38.8 Å². The average Bonchev–Trinajstić information content (AvgIpc) is 2.78. The van der Waals surface area contributed by atoms with Crippen LogP contribution in [0.15, 0.2) is 41.2 Å². The zero-order chi connectivity index (χ0) is 20.2. The van der Waals surface area contributed by atoms with E-state index in [0.717, 1.165) is 6.07 Å². The fourth-order valence-electron chi connectivity index (χ4n) is 3.69. The second-order valence-electron chi connectivity index (χ2n) is 6.89. The fraction of sp³-hybridized carbons (Fsp3) is 0.190. The number of phenols is 3. The third kappa shape index (κ3) is 2.68. The third-order valence-corrected chi connectivity index (χ3v) is 5.11. The molecular weight excluding hydrogens is 364 g/mol. The summed E-state index contributed by atoms with van der Waals surface area (Å²) in [5, 5.41) is 51.7. The first-order valence-corrected chi connectivity index (χ1v) is 8.66. The van der Waals surface area contributed by atoms with Crippen molar-refractivity contribution in [1.82, 2.24) is 0 Å². The van der Waals surface area contributed by atoms with Crippen LogP contribution in [0.4, 0.5) is 0 Å². The molecule has 156 valence electrons. The van der Waals surface area contributed by atoms with Gasteiger partial charge in [-0.05, 0) is 24.4 Å². The predicted molar refractivity (Wildman–Crippen MR) is 114 cm³/mol. The minimum atomic E-state index is -1.08. The van der Waals surface area contributed by atoms with Crippen LogP contribution in [0.1, 0.15) is 31.4 Å². The van der Waals surface area contributed by atoms with Gasteiger partial charge in [-0.2, -0.15) is 0 Å². The molecule has 7 heteroatoms. The van der Waals surface area contributed by atoms with Gasteiger partial charge in [-0.15, -0.1) is 0 Å². The van der Waals surface area contributed by atoms with Crippen molar-refractivity contribution >= 4 is 10.8 Å². The van der Waals surface area contributed by atoms with Gasteiger partial charge in [0, 0.05) is 49.2 Å². The van der Waals surface area contributed by atoms with Gasteiger partial charge < -0.3 is 30.3 Å². The molecule has 0 unspecified atom stereocenters. The summed E-state index contributed by atoms with van der Waals surface area (Å²) in [6.07, 6.45) is -1.98.